The largest absolute Gasteiger partial charge is 0.383 e. The van der Waals surface area contributed by atoms with Crippen LogP contribution in [0.25, 0.3) is 0 Å². The molecule has 7 heteroatoms. The summed E-state index contributed by atoms with van der Waals surface area (Å²) in [5.74, 6) is -0.318. The van der Waals surface area contributed by atoms with Crippen molar-refractivity contribution >= 4 is 5.91 Å². The third-order valence-corrected chi connectivity index (χ3v) is 3.66. The molecule has 2 aromatic rings. The quantitative estimate of drug-likeness (QED) is 0.771. The molecule has 134 valence electrons. The molecule has 25 heavy (non-hydrogen) atoms. The van der Waals surface area contributed by atoms with Crippen molar-refractivity contribution in [2.45, 2.75) is 12.6 Å². The maximum atomic E-state index is 12.6. The number of likely N-dealkylation sites (N-methyl/N-ethyl adjacent to an activating group) is 1. The van der Waals surface area contributed by atoms with Crippen LogP contribution in [0, 0.1) is 0 Å². The summed E-state index contributed by atoms with van der Waals surface area (Å²) in [4.78, 5) is 26.4. The average molecular weight is 344 g/mol. The second-order valence-corrected chi connectivity index (χ2v) is 5.97. The summed E-state index contributed by atoms with van der Waals surface area (Å²) in [6.07, 6.45) is 0. The lowest BCUT2D eigenvalue weighted by Gasteiger charge is -2.22. The van der Waals surface area contributed by atoms with Crippen LogP contribution in [0.2, 0.25) is 0 Å². The molecule has 1 aromatic heterocycles. The van der Waals surface area contributed by atoms with E-state index in [-0.39, 0.29) is 23.2 Å². The minimum absolute atomic E-state index is 0.176. The Morgan fingerprint density at radius 3 is 2.60 bits per heavy atom. The van der Waals surface area contributed by atoms with E-state index >= 15 is 0 Å². The first kappa shape index (κ1) is 18.8. The molecule has 0 radical (unpaired) electrons. The zero-order chi connectivity index (χ0) is 18.2. The predicted octanol–water partition coefficient (Wildman–Crippen LogP) is 0.922. The molecule has 0 aliphatic rings. The Hall–Kier alpha value is -2.51. The van der Waals surface area contributed by atoms with E-state index in [1.807, 2.05) is 49.3 Å². The van der Waals surface area contributed by atoms with Crippen LogP contribution >= 0.6 is 0 Å². The van der Waals surface area contributed by atoms with Crippen LogP contribution in [0.4, 0.5) is 0 Å². The van der Waals surface area contributed by atoms with Crippen LogP contribution in [0.3, 0.4) is 0 Å². The number of nitrogens with zero attached hydrogens (tertiary/aromatic N) is 3. The first-order valence-electron chi connectivity index (χ1n) is 8.09. The van der Waals surface area contributed by atoms with Crippen LogP contribution in [0.1, 0.15) is 22.1 Å². The van der Waals surface area contributed by atoms with Gasteiger partial charge in [0, 0.05) is 19.7 Å². The molecule has 2 rings (SSSR count). The molecular weight excluding hydrogens is 320 g/mol. The molecule has 1 aromatic carbocycles. The highest BCUT2D eigenvalue weighted by Crippen LogP contribution is 2.14. The summed E-state index contributed by atoms with van der Waals surface area (Å²) in [7, 11) is 5.45. The van der Waals surface area contributed by atoms with Gasteiger partial charge in [0.15, 0.2) is 0 Å². The number of hydrogen-bond donors (Lipinski definition) is 1. The average Bonchev–Trinajstić information content (AvgIpc) is 2.60. The van der Waals surface area contributed by atoms with Crippen molar-refractivity contribution in [3.63, 3.8) is 0 Å². The van der Waals surface area contributed by atoms with Crippen LogP contribution in [0.15, 0.2) is 47.3 Å². The summed E-state index contributed by atoms with van der Waals surface area (Å²) in [5, 5.41) is 7.13. The number of carbonyl (C=O) groups excluding carboxylic acids is 1. The molecular formula is C18H24N4O3. The van der Waals surface area contributed by atoms with E-state index in [1.165, 1.54) is 16.8 Å². The van der Waals surface area contributed by atoms with Gasteiger partial charge in [-0.3, -0.25) is 9.59 Å². The molecule has 0 spiro atoms. The van der Waals surface area contributed by atoms with E-state index in [9.17, 15) is 9.59 Å². The second kappa shape index (κ2) is 9.10. The molecule has 7 nitrogen and oxygen atoms in total. The molecule has 1 heterocycles. The predicted molar refractivity (Wildman–Crippen MR) is 95.6 cm³/mol. The molecule has 0 saturated heterocycles. The van der Waals surface area contributed by atoms with Gasteiger partial charge in [0.25, 0.3) is 11.5 Å². The molecule has 0 fully saturated rings. The number of benzene rings is 1. The zero-order valence-electron chi connectivity index (χ0n) is 14.8. The van der Waals surface area contributed by atoms with Gasteiger partial charge in [-0.25, -0.2) is 4.68 Å². The Bertz CT molecular complexity index is 743. The molecule has 1 N–H and O–H groups in total. The highest BCUT2D eigenvalue weighted by molar-refractivity contribution is 5.92. The van der Waals surface area contributed by atoms with E-state index in [4.69, 9.17) is 4.74 Å². The van der Waals surface area contributed by atoms with E-state index in [1.54, 1.807) is 7.11 Å². The number of carbonyl (C=O) groups is 1. The van der Waals surface area contributed by atoms with E-state index < -0.39 is 0 Å². The lowest BCUT2D eigenvalue weighted by molar-refractivity contribution is 0.0921. The molecule has 0 aliphatic carbocycles. The maximum absolute atomic E-state index is 12.6. The number of rotatable bonds is 8. The maximum Gasteiger partial charge on any atom is 0.272 e. The number of amides is 1. The van der Waals surface area contributed by atoms with Crippen molar-refractivity contribution in [3.8, 4) is 0 Å². The lowest BCUT2D eigenvalue weighted by Crippen LogP contribution is -2.37. The van der Waals surface area contributed by atoms with Gasteiger partial charge in [0.05, 0.1) is 19.2 Å². The third-order valence-electron chi connectivity index (χ3n) is 3.66. The van der Waals surface area contributed by atoms with Crippen LogP contribution in [-0.4, -0.2) is 54.9 Å². The molecule has 0 aliphatic heterocycles. The van der Waals surface area contributed by atoms with Crippen LogP contribution < -0.4 is 10.9 Å². The normalized spacial score (nSPS) is 12.2. The van der Waals surface area contributed by atoms with Gasteiger partial charge < -0.3 is 15.0 Å². The van der Waals surface area contributed by atoms with Crippen molar-refractivity contribution in [2.24, 2.45) is 0 Å². The topological polar surface area (TPSA) is 76.5 Å². The Labute approximate surface area is 147 Å². The monoisotopic (exact) mass is 344 g/mol. The molecule has 1 amide bonds. The van der Waals surface area contributed by atoms with E-state index in [0.717, 1.165) is 5.56 Å². The first-order chi connectivity index (χ1) is 12.0. The zero-order valence-corrected chi connectivity index (χ0v) is 14.8. The Morgan fingerprint density at radius 1 is 1.24 bits per heavy atom. The van der Waals surface area contributed by atoms with Gasteiger partial charge in [-0.1, -0.05) is 30.3 Å². The van der Waals surface area contributed by atoms with Crippen LogP contribution in [0.5, 0.6) is 0 Å². The van der Waals surface area contributed by atoms with Crippen molar-refractivity contribution < 1.29 is 9.53 Å². The number of methoxy groups -OCH3 is 1. The van der Waals surface area contributed by atoms with Gasteiger partial charge in [0.2, 0.25) is 0 Å². The standard InChI is InChI=1S/C18H24N4O3/c1-21(2)13-16(14-7-5-4-6-8-14)19-18(24)15-9-10-17(23)22(20-15)11-12-25-3/h4-10,16H,11-13H2,1-3H3,(H,19,24)/t16-/m1/s1. The smallest absolute Gasteiger partial charge is 0.272 e. The van der Waals surface area contributed by atoms with Crippen molar-refractivity contribution in [1.82, 2.24) is 20.0 Å². The van der Waals surface area contributed by atoms with E-state index in [0.29, 0.717) is 19.7 Å². The molecule has 0 unspecified atom stereocenters. The SMILES string of the molecule is COCCn1nc(C(=O)N[C@H](CN(C)C)c2ccccc2)ccc1=O. The summed E-state index contributed by atoms with van der Waals surface area (Å²) in [6.45, 7) is 1.31. The van der Waals surface area contributed by atoms with Gasteiger partial charge in [-0.15, -0.1) is 0 Å². The summed E-state index contributed by atoms with van der Waals surface area (Å²) in [6, 6.07) is 12.4. The van der Waals surface area contributed by atoms with Gasteiger partial charge in [0.1, 0.15) is 5.69 Å². The summed E-state index contributed by atoms with van der Waals surface area (Å²) in [5.41, 5.74) is 0.953. The van der Waals surface area contributed by atoms with Gasteiger partial charge >= 0.3 is 0 Å². The first-order valence-corrected chi connectivity index (χ1v) is 8.09. The number of aromatic nitrogens is 2. The Kier molecular flexibility index (Phi) is 6.85. The van der Waals surface area contributed by atoms with Crippen molar-refractivity contribution in [2.75, 3.05) is 34.4 Å². The number of nitrogens with one attached hydrogen (secondary N) is 1. The van der Waals surface area contributed by atoms with Crippen molar-refractivity contribution in [3.05, 3.63) is 64.1 Å². The summed E-state index contributed by atoms with van der Waals surface area (Å²) >= 11 is 0. The Morgan fingerprint density at radius 2 is 1.96 bits per heavy atom. The molecule has 1 atom stereocenters. The van der Waals surface area contributed by atoms with Gasteiger partial charge in [-0.2, -0.15) is 5.10 Å². The molecule has 0 saturated carbocycles. The van der Waals surface area contributed by atoms with E-state index in [2.05, 4.69) is 10.4 Å². The number of hydrogen-bond acceptors (Lipinski definition) is 5. The molecule has 0 bridgehead atoms. The summed E-state index contributed by atoms with van der Waals surface area (Å²) < 4.78 is 6.20. The fraction of sp³-hybridized carbons (Fsp3) is 0.389. The second-order valence-electron chi connectivity index (χ2n) is 5.97. The highest BCUT2D eigenvalue weighted by atomic mass is 16.5. The van der Waals surface area contributed by atoms with Gasteiger partial charge in [-0.05, 0) is 25.7 Å². The van der Waals surface area contributed by atoms with Crippen LogP contribution in [-0.2, 0) is 11.3 Å². The number of ether oxygens (including phenoxy) is 1. The highest BCUT2D eigenvalue weighted by Gasteiger charge is 2.18. The fourth-order valence-electron chi connectivity index (χ4n) is 2.43. The minimum Gasteiger partial charge on any atom is -0.383 e. The third kappa shape index (κ3) is 5.51. The van der Waals surface area contributed by atoms with Crippen molar-refractivity contribution in [1.29, 1.82) is 0 Å². The lowest BCUT2D eigenvalue weighted by atomic mass is 10.1. The Balaban J connectivity index is 2.19. The fourth-order valence-corrected chi connectivity index (χ4v) is 2.43. The minimum atomic E-state index is -0.318.